The number of thioether (sulfide) groups is 1. The summed E-state index contributed by atoms with van der Waals surface area (Å²) in [5.41, 5.74) is 3.30. The van der Waals surface area contributed by atoms with Crippen LogP contribution in [0.3, 0.4) is 0 Å². The van der Waals surface area contributed by atoms with E-state index in [-0.39, 0.29) is 0 Å². The van der Waals surface area contributed by atoms with Crippen LogP contribution in [-0.2, 0) is 0 Å². The smallest absolute Gasteiger partial charge is 0.210 e. The van der Waals surface area contributed by atoms with Gasteiger partial charge in [-0.05, 0) is 25.3 Å². The summed E-state index contributed by atoms with van der Waals surface area (Å²) in [5.74, 6) is 0. The molecule has 2 aromatic heterocycles. The lowest BCUT2D eigenvalue weighted by Crippen LogP contribution is -1.99. The molecule has 0 saturated carbocycles. The number of aromatic nitrogens is 5. The molecule has 0 aliphatic rings. The van der Waals surface area contributed by atoms with Crippen molar-refractivity contribution in [3.63, 3.8) is 0 Å². The minimum absolute atomic E-state index is 0.652. The fraction of sp³-hybridized carbons (Fsp3) is 0.167. The van der Waals surface area contributed by atoms with Crippen molar-refractivity contribution < 1.29 is 0 Å². The molecule has 0 unspecified atom stereocenters. The Morgan fingerprint density at radius 1 is 1.11 bits per heavy atom. The second-order valence-electron chi connectivity index (χ2n) is 3.80. The Morgan fingerprint density at radius 3 is 2.61 bits per heavy atom. The zero-order valence-corrected chi connectivity index (χ0v) is 10.8. The molecule has 3 rings (SSSR count). The lowest BCUT2D eigenvalue weighted by molar-refractivity contribution is 0.842. The van der Waals surface area contributed by atoms with Gasteiger partial charge in [0, 0.05) is 0 Å². The SMILES string of the molecule is CSc1nnc2c(C)nn(-c3ccccc3)c2n1. The second kappa shape index (κ2) is 4.38. The van der Waals surface area contributed by atoms with E-state index in [9.17, 15) is 0 Å². The van der Waals surface area contributed by atoms with Gasteiger partial charge in [0.2, 0.25) is 5.16 Å². The Labute approximate surface area is 108 Å². The average molecular weight is 257 g/mol. The molecule has 18 heavy (non-hydrogen) atoms. The average Bonchev–Trinajstić information content (AvgIpc) is 2.76. The zero-order chi connectivity index (χ0) is 12.5. The van der Waals surface area contributed by atoms with E-state index in [0.717, 1.165) is 22.5 Å². The number of fused-ring (bicyclic) bond motifs is 1. The van der Waals surface area contributed by atoms with E-state index < -0.39 is 0 Å². The number of rotatable bonds is 2. The van der Waals surface area contributed by atoms with E-state index in [1.54, 1.807) is 4.68 Å². The quantitative estimate of drug-likeness (QED) is 0.659. The molecule has 6 heteroatoms. The van der Waals surface area contributed by atoms with Crippen LogP contribution in [0.5, 0.6) is 0 Å². The molecule has 0 amide bonds. The first-order valence-electron chi connectivity index (χ1n) is 5.49. The maximum absolute atomic E-state index is 4.48. The highest BCUT2D eigenvalue weighted by atomic mass is 32.2. The molecular weight excluding hydrogens is 246 g/mol. The molecule has 0 radical (unpaired) electrons. The van der Waals surface area contributed by atoms with Crippen LogP contribution in [0, 0.1) is 6.92 Å². The number of hydrogen-bond acceptors (Lipinski definition) is 5. The molecule has 0 N–H and O–H groups in total. The largest absolute Gasteiger partial charge is 0.213 e. The molecule has 5 nitrogen and oxygen atoms in total. The Morgan fingerprint density at radius 2 is 1.89 bits per heavy atom. The van der Waals surface area contributed by atoms with Gasteiger partial charge in [-0.25, -0.2) is 4.68 Å². The highest BCUT2D eigenvalue weighted by Crippen LogP contribution is 2.19. The van der Waals surface area contributed by atoms with Crippen molar-refractivity contribution in [1.82, 2.24) is 25.0 Å². The molecule has 0 saturated heterocycles. The van der Waals surface area contributed by atoms with Crippen molar-refractivity contribution in [1.29, 1.82) is 0 Å². The molecule has 0 aliphatic carbocycles. The van der Waals surface area contributed by atoms with Crippen LogP contribution in [0.25, 0.3) is 16.9 Å². The third-order valence-corrected chi connectivity index (χ3v) is 3.16. The van der Waals surface area contributed by atoms with Crippen molar-refractivity contribution in [3.05, 3.63) is 36.0 Å². The van der Waals surface area contributed by atoms with E-state index >= 15 is 0 Å². The fourth-order valence-electron chi connectivity index (χ4n) is 1.77. The second-order valence-corrected chi connectivity index (χ2v) is 4.58. The van der Waals surface area contributed by atoms with Gasteiger partial charge in [-0.3, -0.25) is 0 Å². The molecule has 2 heterocycles. The maximum atomic E-state index is 4.48. The third-order valence-electron chi connectivity index (χ3n) is 2.63. The van der Waals surface area contributed by atoms with Gasteiger partial charge in [-0.2, -0.15) is 10.1 Å². The summed E-state index contributed by atoms with van der Waals surface area (Å²) in [7, 11) is 0. The first kappa shape index (κ1) is 11.2. The lowest BCUT2D eigenvalue weighted by Gasteiger charge is -2.01. The Balaban J connectivity index is 2.29. The van der Waals surface area contributed by atoms with Crippen LogP contribution >= 0.6 is 11.8 Å². The molecule has 0 fully saturated rings. The van der Waals surface area contributed by atoms with E-state index in [0.29, 0.717) is 5.16 Å². The molecule has 0 bridgehead atoms. The van der Waals surface area contributed by atoms with Gasteiger partial charge in [0.15, 0.2) is 11.2 Å². The topological polar surface area (TPSA) is 56.5 Å². The van der Waals surface area contributed by atoms with E-state index in [1.165, 1.54) is 11.8 Å². The molecule has 0 aliphatic heterocycles. The molecule has 0 spiro atoms. The molecule has 90 valence electrons. The Kier molecular flexibility index (Phi) is 2.71. The standard InChI is InChI=1S/C12H11N5S/c1-8-10-11(13-12(18-2)15-14-10)17(16-8)9-6-4-3-5-7-9/h3-7H,1-2H3. The summed E-state index contributed by atoms with van der Waals surface area (Å²) in [6.07, 6.45) is 1.93. The lowest BCUT2D eigenvalue weighted by atomic mass is 10.3. The van der Waals surface area contributed by atoms with Crippen molar-refractivity contribution in [2.24, 2.45) is 0 Å². The zero-order valence-electron chi connectivity index (χ0n) is 10.0. The van der Waals surface area contributed by atoms with Gasteiger partial charge in [-0.15, -0.1) is 10.2 Å². The Hall–Kier alpha value is -1.95. The van der Waals surface area contributed by atoms with Crippen LogP contribution in [-0.4, -0.2) is 31.2 Å². The molecule has 1 aromatic carbocycles. The first-order chi connectivity index (χ1) is 8.79. The highest BCUT2D eigenvalue weighted by Gasteiger charge is 2.12. The molecule has 0 atom stereocenters. The van der Waals surface area contributed by atoms with Crippen LogP contribution in [0.2, 0.25) is 0 Å². The van der Waals surface area contributed by atoms with Gasteiger partial charge in [0.1, 0.15) is 0 Å². The van der Waals surface area contributed by atoms with Crippen molar-refractivity contribution >= 4 is 22.9 Å². The first-order valence-corrected chi connectivity index (χ1v) is 6.71. The van der Waals surface area contributed by atoms with Gasteiger partial charge in [0.05, 0.1) is 11.4 Å². The maximum Gasteiger partial charge on any atom is 0.210 e. The molecular formula is C12H11N5S. The van der Waals surface area contributed by atoms with Gasteiger partial charge < -0.3 is 0 Å². The van der Waals surface area contributed by atoms with Crippen molar-refractivity contribution in [2.75, 3.05) is 6.26 Å². The highest BCUT2D eigenvalue weighted by molar-refractivity contribution is 7.98. The van der Waals surface area contributed by atoms with Crippen molar-refractivity contribution in [2.45, 2.75) is 12.1 Å². The number of para-hydroxylation sites is 1. The van der Waals surface area contributed by atoms with E-state index in [4.69, 9.17) is 0 Å². The third kappa shape index (κ3) is 1.74. The van der Waals surface area contributed by atoms with E-state index in [2.05, 4.69) is 20.3 Å². The fourth-order valence-corrected chi connectivity index (χ4v) is 2.07. The van der Waals surface area contributed by atoms with Gasteiger partial charge >= 0.3 is 0 Å². The summed E-state index contributed by atoms with van der Waals surface area (Å²) in [6.45, 7) is 1.91. The summed E-state index contributed by atoms with van der Waals surface area (Å²) in [4.78, 5) is 4.48. The number of nitrogens with zero attached hydrogens (tertiary/aromatic N) is 5. The summed E-state index contributed by atoms with van der Waals surface area (Å²) >= 11 is 1.47. The molecule has 3 aromatic rings. The number of aryl methyl sites for hydroxylation is 1. The van der Waals surface area contributed by atoms with Crippen molar-refractivity contribution in [3.8, 4) is 5.69 Å². The van der Waals surface area contributed by atoms with Crippen LogP contribution < -0.4 is 0 Å². The van der Waals surface area contributed by atoms with Gasteiger partial charge in [0.25, 0.3) is 0 Å². The summed E-state index contributed by atoms with van der Waals surface area (Å²) < 4.78 is 1.80. The van der Waals surface area contributed by atoms with Gasteiger partial charge in [-0.1, -0.05) is 30.0 Å². The van der Waals surface area contributed by atoms with Crippen LogP contribution in [0.1, 0.15) is 5.69 Å². The normalized spacial score (nSPS) is 11.0. The minimum Gasteiger partial charge on any atom is -0.213 e. The number of hydrogen-bond donors (Lipinski definition) is 0. The van der Waals surface area contributed by atoms with Crippen LogP contribution in [0.15, 0.2) is 35.5 Å². The summed E-state index contributed by atoms with van der Waals surface area (Å²) in [5, 5.41) is 13.4. The Bertz CT molecular complexity index is 692. The minimum atomic E-state index is 0.652. The predicted octanol–water partition coefficient (Wildman–Crippen LogP) is 2.24. The summed E-state index contributed by atoms with van der Waals surface area (Å²) in [6, 6.07) is 9.91. The number of benzene rings is 1. The monoisotopic (exact) mass is 257 g/mol. The van der Waals surface area contributed by atoms with E-state index in [1.807, 2.05) is 43.5 Å². The van der Waals surface area contributed by atoms with Crippen LogP contribution in [0.4, 0.5) is 0 Å². The predicted molar refractivity (Wildman–Crippen MR) is 71.0 cm³/mol.